The van der Waals surface area contributed by atoms with E-state index in [-0.39, 0.29) is 22.1 Å². The third-order valence-electron chi connectivity index (χ3n) is 3.62. The first-order valence-corrected chi connectivity index (χ1v) is 8.19. The lowest BCUT2D eigenvalue weighted by atomic mass is 10.2. The second-order valence-electron chi connectivity index (χ2n) is 5.24. The van der Waals surface area contributed by atoms with Crippen LogP contribution in [-0.2, 0) is 16.6 Å². The fourth-order valence-electron chi connectivity index (χ4n) is 2.30. The van der Waals surface area contributed by atoms with Crippen molar-refractivity contribution in [3.63, 3.8) is 0 Å². The van der Waals surface area contributed by atoms with Gasteiger partial charge in [0, 0.05) is 18.9 Å². The summed E-state index contributed by atoms with van der Waals surface area (Å²) >= 11 is 1.09. The highest BCUT2D eigenvalue weighted by atomic mass is 32.2. The number of thioether (sulfide) groups is 1. The third-order valence-corrected chi connectivity index (χ3v) is 4.64. The van der Waals surface area contributed by atoms with Crippen molar-refractivity contribution >= 4 is 34.5 Å². The van der Waals surface area contributed by atoms with Gasteiger partial charge in [-0.05, 0) is 30.3 Å². The molecule has 0 atom stereocenters. The summed E-state index contributed by atoms with van der Waals surface area (Å²) in [6, 6.07) is 9.70. The predicted molar refractivity (Wildman–Crippen MR) is 96.1 cm³/mol. The Morgan fingerprint density at radius 2 is 2.08 bits per heavy atom. The van der Waals surface area contributed by atoms with Gasteiger partial charge >= 0.3 is 5.97 Å². The second-order valence-corrected chi connectivity index (χ2v) is 6.27. The van der Waals surface area contributed by atoms with Gasteiger partial charge in [-0.1, -0.05) is 23.9 Å². The molecule has 128 valence electrons. The van der Waals surface area contributed by atoms with E-state index in [0.29, 0.717) is 4.91 Å². The fraction of sp³-hybridized carbons (Fsp3) is 0.111. The smallest absolute Gasteiger partial charge is 0.344 e. The van der Waals surface area contributed by atoms with Gasteiger partial charge in [-0.25, -0.2) is 14.2 Å². The summed E-state index contributed by atoms with van der Waals surface area (Å²) in [6.45, 7) is 0. The zero-order valence-corrected chi connectivity index (χ0v) is 14.4. The molecule has 0 bridgehead atoms. The molecule has 0 saturated heterocycles. The van der Waals surface area contributed by atoms with Crippen molar-refractivity contribution in [2.24, 2.45) is 12.0 Å². The van der Waals surface area contributed by atoms with E-state index in [9.17, 15) is 14.3 Å². The van der Waals surface area contributed by atoms with Gasteiger partial charge in [0.05, 0.1) is 12.0 Å². The maximum absolute atomic E-state index is 13.9. The number of carbonyl (C=O) groups is 1. The van der Waals surface area contributed by atoms with Crippen molar-refractivity contribution in [3.05, 3.63) is 70.3 Å². The fourth-order valence-corrected chi connectivity index (χ4v) is 3.31. The van der Waals surface area contributed by atoms with E-state index in [4.69, 9.17) is 4.74 Å². The number of aromatic nitrogens is 1. The molecule has 0 fully saturated rings. The van der Waals surface area contributed by atoms with Gasteiger partial charge in [-0.2, -0.15) is 0 Å². The number of aliphatic hydroxyl groups is 1. The van der Waals surface area contributed by atoms with E-state index in [2.05, 4.69) is 4.99 Å². The summed E-state index contributed by atoms with van der Waals surface area (Å²) in [5.41, 5.74) is 0.848. The van der Waals surface area contributed by atoms with Crippen LogP contribution >= 0.6 is 11.8 Å². The SMILES string of the molecule is COC(=O)C1=C(O)C(=Cc2cccn2C)SC1=Nc1ccccc1F. The highest BCUT2D eigenvalue weighted by molar-refractivity contribution is 8.18. The zero-order valence-electron chi connectivity index (χ0n) is 13.6. The lowest BCUT2D eigenvalue weighted by Crippen LogP contribution is -2.10. The molecular formula is C18H15FN2O3S. The van der Waals surface area contributed by atoms with Crippen LogP contribution in [0.15, 0.2) is 63.8 Å². The van der Waals surface area contributed by atoms with Gasteiger partial charge < -0.3 is 14.4 Å². The molecular weight excluding hydrogens is 343 g/mol. The van der Waals surface area contributed by atoms with Crippen molar-refractivity contribution in [1.29, 1.82) is 0 Å². The number of hydrogen-bond donors (Lipinski definition) is 1. The van der Waals surface area contributed by atoms with Crippen LogP contribution in [0.3, 0.4) is 0 Å². The Hall–Kier alpha value is -2.80. The van der Waals surface area contributed by atoms with Crippen LogP contribution in [-0.4, -0.2) is 27.8 Å². The van der Waals surface area contributed by atoms with Crippen molar-refractivity contribution in [1.82, 2.24) is 4.57 Å². The molecule has 3 rings (SSSR count). The molecule has 5 nitrogen and oxygen atoms in total. The van der Waals surface area contributed by atoms with E-state index in [1.165, 1.54) is 19.2 Å². The van der Waals surface area contributed by atoms with E-state index in [1.54, 1.807) is 18.2 Å². The number of esters is 1. The van der Waals surface area contributed by atoms with Gasteiger partial charge in [0.25, 0.3) is 0 Å². The molecule has 1 aliphatic heterocycles. The van der Waals surface area contributed by atoms with E-state index >= 15 is 0 Å². The molecule has 0 saturated carbocycles. The number of rotatable bonds is 3. The molecule has 2 heterocycles. The molecule has 0 radical (unpaired) electrons. The van der Waals surface area contributed by atoms with Crippen LogP contribution in [0.4, 0.5) is 10.1 Å². The average molecular weight is 358 g/mol. The quantitative estimate of drug-likeness (QED) is 0.844. The molecule has 1 aromatic heterocycles. The minimum absolute atomic E-state index is 0.0730. The highest BCUT2D eigenvalue weighted by Crippen LogP contribution is 2.40. The van der Waals surface area contributed by atoms with Gasteiger partial charge in [0.15, 0.2) is 0 Å². The summed E-state index contributed by atoms with van der Waals surface area (Å²) in [4.78, 5) is 16.7. The Kier molecular flexibility index (Phi) is 4.76. The number of carbonyl (C=O) groups excluding carboxylic acids is 1. The number of aliphatic imine (C=N–C) groups is 1. The first-order valence-electron chi connectivity index (χ1n) is 7.37. The van der Waals surface area contributed by atoms with Crippen molar-refractivity contribution in [2.75, 3.05) is 7.11 Å². The number of hydrogen-bond acceptors (Lipinski definition) is 5. The number of halogens is 1. The first-order chi connectivity index (χ1) is 12.0. The molecule has 1 aliphatic rings. The lowest BCUT2D eigenvalue weighted by Gasteiger charge is -2.02. The maximum Gasteiger partial charge on any atom is 0.344 e. The summed E-state index contributed by atoms with van der Waals surface area (Å²) < 4.78 is 20.5. The monoisotopic (exact) mass is 358 g/mol. The summed E-state index contributed by atoms with van der Waals surface area (Å²) in [6.07, 6.45) is 3.59. The predicted octanol–water partition coefficient (Wildman–Crippen LogP) is 3.97. The van der Waals surface area contributed by atoms with Crippen molar-refractivity contribution in [2.45, 2.75) is 0 Å². The topological polar surface area (TPSA) is 63.8 Å². The number of ether oxygens (including phenoxy) is 1. The number of aryl methyl sites for hydroxylation is 1. The van der Waals surface area contributed by atoms with Crippen LogP contribution < -0.4 is 0 Å². The van der Waals surface area contributed by atoms with Crippen LogP contribution in [0, 0.1) is 5.82 Å². The molecule has 0 aliphatic carbocycles. The maximum atomic E-state index is 13.9. The average Bonchev–Trinajstić information content (AvgIpc) is 3.13. The van der Waals surface area contributed by atoms with Gasteiger partial charge in [-0.15, -0.1) is 0 Å². The summed E-state index contributed by atoms with van der Waals surface area (Å²) in [5, 5.41) is 10.7. The Bertz CT molecular complexity index is 928. The van der Waals surface area contributed by atoms with Crippen LogP contribution in [0.5, 0.6) is 0 Å². The van der Waals surface area contributed by atoms with E-state index in [0.717, 1.165) is 17.5 Å². The molecule has 0 unspecified atom stereocenters. The summed E-state index contributed by atoms with van der Waals surface area (Å²) in [7, 11) is 3.08. The Balaban J connectivity index is 2.08. The number of benzene rings is 1. The molecule has 0 spiro atoms. The Labute approximate surface area is 148 Å². The number of para-hydroxylation sites is 1. The molecule has 0 amide bonds. The summed E-state index contributed by atoms with van der Waals surface area (Å²) in [5.74, 6) is -1.47. The minimum Gasteiger partial charge on any atom is -0.506 e. The second kappa shape index (κ2) is 6.98. The Morgan fingerprint density at radius 3 is 2.72 bits per heavy atom. The molecule has 7 heteroatoms. The molecule has 1 aromatic carbocycles. The molecule has 1 N–H and O–H groups in total. The Morgan fingerprint density at radius 1 is 1.32 bits per heavy atom. The number of nitrogens with zero attached hydrogens (tertiary/aromatic N) is 2. The highest BCUT2D eigenvalue weighted by Gasteiger charge is 2.33. The van der Waals surface area contributed by atoms with E-state index < -0.39 is 11.8 Å². The minimum atomic E-state index is -0.727. The number of aliphatic hydroxyl groups excluding tert-OH is 1. The molecule has 25 heavy (non-hydrogen) atoms. The van der Waals surface area contributed by atoms with Crippen LogP contribution in [0.1, 0.15) is 5.69 Å². The van der Waals surface area contributed by atoms with Crippen LogP contribution in [0.25, 0.3) is 6.08 Å². The standard InChI is InChI=1S/C18H15FN2O3S/c1-21-9-5-6-11(21)10-14-16(22)15(18(23)24-2)17(25-14)20-13-8-4-3-7-12(13)19/h3-10,22H,1-2H3. The van der Waals surface area contributed by atoms with Crippen molar-refractivity contribution < 1.29 is 19.0 Å². The van der Waals surface area contributed by atoms with Gasteiger partial charge in [0.1, 0.15) is 27.9 Å². The van der Waals surface area contributed by atoms with Crippen molar-refractivity contribution in [3.8, 4) is 0 Å². The largest absolute Gasteiger partial charge is 0.506 e. The van der Waals surface area contributed by atoms with Crippen LogP contribution in [0.2, 0.25) is 0 Å². The van der Waals surface area contributed by atoms with Gasteiger partial charge in [-0.3, -0.25) is 0 Å². The number of methoxy groups -OCH3 is 1. The lowest BCUT2D eigenvalue weighted by molar-refractivity contribution is -0.135. The van der Waals surface area contributed by atoms with E-state index in [1.807, 2.05) is 29.9 Å². The molecule has 2 aromatic rings. The van der Waals surface area contributed by atoms with Gasteiger partial charge in [0.2, 0.25) is 0 Å². The normalized spacial score (nSPS) is 17.6. The zero-order chi connectivity index (χ0) is 18.0. The first kappa shape index (κ1) is 17.0. The third kappa shape index (κ3) is 3.36.